The van der Waals surface area contributed by atoms with Crippen LogP contribution in [-0.2, 0) is 19.6 Å². The number of aryl methyl sites for hydroxylation is 3. The smallest absolute Gasteiger partial charge is 0.314 e. The highest BCUT2D eigenvalue weighted by Crippen LogP contribution is 1.90. The third-order valence-electron chi connectivity index (χ3n) is 2.86. The summed E-state index contributed by atoms with van der Waals surface area (Å²) < 4.78 is 4.92. The average Bonchev–Trinajstić information content (AvgIpc) is 2.71. The molecule has 96 valence electrons. The van der Waals surface area contributed by atoms with Crippen molar-refractivity contribution in [3.63, 3.8) is 0 Å². The van der Waals surface area contributed by atoms with Crippen LogP contribution in [0.15, 0.2) is 46.4 Å². The largest absolute Gasteiger partial charge is 0.328 e. The van der Waals surface area contributed by atoms with Crippen molar-refractivity contribution in [1.29, 1.82) is 0 Å². The summed E-state index contributed by atoms with van der Waals surface area (Å²) in [4.78, 5) is 23.4. The van der Waals surface area contributed by atoms with Crippen LogP contribution in [0.2, 0.25) is 0 Å². The van der Waals surface area contributed by atoms with Gasteiger partial charge in [-0.1, -0.05) is 13.0 Å². The first-order valence-corrected chi connectivity index (χ1v) is 6.13. The fourth-order valence-electron chi connectivity index (χ4n) is 1.90. The van der Waals surface area contributed by atoms with E-state index in [0.29, 0.717) is 13.1 Å². The van der Waals surface area contributed by atoms with Crippen LogP contribution in [0.4, 0.5) is 0 Å². The minimum absolute atomic E-state index is 0.0131. The van der Waals surface area contributed by atoms with Crippen LogP contribution in [0.25, 0.3) is 0 Å². The highest BCUT2D eigenvalue weighted by molar-refractivity contribution is 4.93. The standard InChI is InChI=1S/C13H17N3O2/c1-2-6-15-10-11-16(13(15)18)9-8-14-7-4-3-5-12(14)17/h3-5,7,10-11H,2,6,8-9H2,1H3. The second-order valence-electron chi connectivity index (χ2n) is 4.20. The van der Waals surface area contributed by atoms with Crippen molar-refractivity contribution in [2.75, 3.05) is 0 Å². The van der Waals surface area contributed by atoms with Crippen LogP contribution in [0.5, 0.6) is 0 Å². The van der Waals surface area contributed by atoms with Crippen molar-refractivity contribution >= 4 is 0 Å². The Balaban J connectivity index is 2.09. The van der Waals surface area contributed by atoms with Gasteiger partial charge in [0.15, 0.2) is 0 Å². The third kappa shape index (κ3) is 2.61. The van der Waals surface area contributed by atoms with E-state index in [1.165, 1.54) is 6.07 Å². The lowest BCUT2D eigenvalue weighted by Crippen LogP contribution is -2.27. The fraction of sp³-hybridized carbons (Fsp3) is 0.385. The van der Waals surface area contributed by atoms with Gasteiger partial charge in [-0.25, -0.2) is 4.79 Å². The van der Waals surface area contributed by atoms with Gasteiger partial charge in [-0.15, -0.1) is 0 Å². The lowest BCUT2D eigenvalue weighted by molar-refractivity contribution is 0.536. The van der Waals surface area contributed by atoms with Crippen molar-refractivity contribution in [2.45, 2.75) is 33.0 Å². The van der Waals surface area contributed by atoms with Gasteiger partial charge in [0, 0.05) is 44.3 Å². The summed E-state index contributed by atoms with van der Waals surface area (Å²) in [7, 11) is 0. The molecule has 0 saturated heterocycles. The van der Waals surface area contributed by atoms with Gasteiger partial charge in [0.25, 0.3) is 5.56 Å². The minimum atomic E-state index is -0.0430. The minimum Gasteiger partial charge on any atom is -0.314 e. The molecule has 0 spiro atoms. The monoisotopic (exact) mass is 247 g/mol. The zero-order valence-electron chi connectivity index (χ0n) is 10.5. The molecule has 0 aliphatic carbocycles. The van der Waals surface area contributed by atoms with Gasteiger partial charge in [0.1, 0.15) is 0 Å². The van der Waals surface area contributed by atoms with Gasteiger partial charge >= 0.3 is 5.69 Å². The molecule has 5 heteroatoms. The number of hydrogen-bond donors (Lipinski definition) is 0. The van der Waals surface area contributed by atoms with Gasteiger partial charge in [0.2, 0.25) is 0 Å². The van der Waals surface area contributed by atoms with Crippen LogP contribution in [-0.4, -0.2) is 13.7 Å². The van der Waals surface area contributed by atoms with Crippen LogP contribution < -0.4 is 11.2 Å². The Bertz CT molecular complexity index is 621. The Morgan fingerprint density at radius 1 is 0.889 bits per heavy atom. The van der Waals surface area contributed by atoms with Gasteiger partial charge < -0.3 is 4.57 Å². The van der Waals surface area contributed by atoms with Crippen LogP contribution in [0.3, 0.4) is 0 Å². The fourth-order valence-corrected chi connectivity index (χ4v) is 1.90. The number of nitrogens with zero attached hydrogens (tertiary/aromatic N) is 3. The molecule has 5 nitrogen and oxygen atoms in total. The predicted molar refractivity (Wildman–Crippen MR) is 69.7 cm³/mol. The van der Waals surface area contributed by atoms with E-state index in [1.54, 1.807) is 38.4 Å². The van der Waals surface area contributed by atoms with E-state index in [2.05, 4.69) is 0 Å². The van der Waals surface area contributed by atoms with Gasteiger partial charge in [-0.05, 0) is 12.5 Å². The Labute approximate surface area is 105 Å². The van der Waals surface area contributed by atoms with Crippen molar-refractivity contribution in [1.82, 2.24) is 13.7 Å². The molecular formula is C13H17N3O2. The number of imidazole rings is 1. The van der Waals surface area contributed by atoms with Crippen LogP contribution in [0.1, 0.15) is 13.3 Å². The highest BCUT2D eigenvalue weighted by Gasteiger charge is 2.02. The molecule has 2 aromatic rings. The first-order chi connectivity index (χ1) is 8.72. The molecule has 0 aromatic carbocycles. The number of rotatable bonds is 5. The van der Waals surface area contributed by atoms with Crippen molar-refractivity contribution in [3.05, 3.63) is 57.6 Å². The Morgan fingerprint density at radius 3 is 2.22 bits per heavy atom. The Kier molecular flexibility index (Phi) is 3.82. The molecule has 18 heavy (non-hydrogen) atoms. The van der Waals surface area contributed by atoms with Crippen molar-refractivity contribution < 1.29 is 0 Å². The molecule has 0 unspecified atom stereocenters. The van der Waals surface area contributed by atoms with E-state index in [-0.39, 0.29) is 11.2 Å². The SMILES string of the molecule is CCCn1ccn(CCn2ccccc2=O)c1=O. The molecule has 2 rings (SSSR count). The number of pyridine rings is 1. The van der Waals surface area contributed by atoms with E-state index in [9.17, 15) is 9.59 Å². The molecule has 0 saturated carbocycles. The molecule has 0 aliphatic heterocycles. The second kappa shape index (κ2) is 5.53. The molecule has 0 N–H and O–H groups in total. The first-order valence-electron chi connectivity index (χ1n) is 6.13. The van der Waals surface area contributed by atoms with Crippen molar-refractivity contribution in [2.24, 2.45) is 0 Å². The van der Waals surface area contributed by atoms with E-state index >= 15 is 0 Å². The van der Waals surface area contributed by atoms with Crippen molar-refractivity contribution in [3.8, 4) is 0 Å². The molecule has 0 fully saturated rings. The molecule has 2 heterocycles. The lowest BCUT2D eigenvalue weighted by Gasteiger charge is -2.05. The molecule has 0 radical (unpaired) electrons. The first kappa shape index (κ1) is 12.4. The maximum absolute atomic E-state index is 11.9. The summed E-state index contributed by atoms with van der Waals surface area (Å²) >= 11 is 0. The molecule has 0 atom stereocenters. The topological polar surface area (TPSA) is 48.9 Å². The predicted octanol–water partition coefficient (Wildman–Crippen LogP) is 0.922. The quantitative estimate of drug-likeness (QED) is 0.789. The lowest BCUT2D eigenvalue weighted by atomic mass is 10.4. The molecule has 0 aliphatic rings. The van der Waals surface area contributed by atoms with Crippen LogP contribution >= 0.6 is 0 Å². The summed E-state index contributed by atoms with van der Waals surface area (Å²) in [5.41, 5.74) is -0.0561. The zero-order valence-corrected chi connectivity index (χ0v) is 10.5. The zero-order chi connectivity index (χ0) is 13.0. The maximum Gasteiger partial charge on any atom is 0.328 e. The van der Waals surface area contributed by atoms with Gasteiger partial charge in [-0.3, -0.25) is 13.9 Å². The van der Waals surface area contributed by atoms with Crippen LogP contribution in [0, 0.1) is 0 Å². The van der Waals surface area contributed by atoms with Gasteiger partial charge in [-0.2, -0.15) is 0 Å². The summed E-state index contributed by atoms with van der Waals surface area (Å²) in [5, 5.41) is 0. The third-order valence-corrected chi connectivity index (χ3v) is 2.86. The summed E-state index contributed by atoms with van der Waals surface area (Å²) in [6.07, 6.45) is 6.23. The second-order valence-corrected chi connectivity index (χ2v) is 4.20. The summed E-state index contributed by atoms with van der Waals surface area (Å²) in [6, 6.07) is 5.04. The highest BCUT2D eigenvalue weighted by atomic mass is 16.1. The Hall–Kier alpha value is -2.04. The van der Waals surface area contributed by atoms with E-state index < -0.39 is 0 Å². The molecule has 2 aromatic heterocycles. The van der Waals surface area contributed by atoms with E-state index in [0.717, 1.165) is 13.0 Å². The molecule has 0 amide bonds. The van der Waals surface area contributed by atoms with E-state index in [1.807, 2.05) is 13.0 Å². The number of hydrogen-bond acceptors (Lipinski definition) is 2. The maximum atomic E-state index is 11.9. The van der Waals surface area contributed by atoms with E-state index in [4.69, 9.17) is 0 Å². The molecular weight excluding hydrogens is 230 g/mol. The Morgan fingerprint density at radius 2 is 1.56 bits per heavy atom. The number of aromatic nitrogens is 3. The average molecular weight is 247 g/mol. The normalized spacial score (nSPS) is 10.7. The summed E-state index contributed by atoms with van der Waals surface area (Å²) in [6.45, 7) is 3.79. The summed E-state index contributed by atoms with van der Waals surface area (Å²) in [5.74, 6) is 0. The molecule has 0 bridgehead atoms. The van der Waals surface area contributed by atoms with Gasteiger partial charge in [0.05, 0.1) is 0 Å².